The van der Waals surface area contributed by atoms with Crippen molar-refractivity contribution in [3.8, 4) is 28.4 Å². The lowest BCUT2D eigenvalue weighted by molar-refractivity contribution is -0.119. The van der Waals surface area contributed by atoms with E-state index in [1.54, 1.807) is 19.2 Å². The van der Waals surface area contributed by atoms with E-state index in [1.807, 2.05) is 12.1 Å². The highest BCUT2D eigenvalue weighted by atomic mass is 16.7. The van der Waals surface area contributed by atoms with Gasteiger partial charge >= 0.3 is 0 Å². The molecule has 4 rings (SSSR count). The molecule has 26 heavy (non-hydrogen) atoms. The molecule has 0 fully saturated rings. The van der Waals surface area contributed by atoms with Gasteiger partial charge in [-0.05, 0) is 47.7 Å². The predicted molar refractivity (Wildman–Crippen MR) is 95.7 cm³/mol. The van der Waals surface area contributed by atoms with Crippen LogP contribution in [0.5, 0.6) is 17.2 Å². The van der Waals surface area contributed by atoms with Crippen LogP contribution in [-0.2, 0) is 11.2 Å². The number of fused-ring (bicyclic) bond motifs is 4. The molecule has 6 heteroatoms. The fourth-order valence-corrected chi connectivity index (χ4v) is 3.73. The second-order valence-electron chi connectivity index (χ2n) is 6.41. The first-order valence-corrected chi connectivity index (χ1v) is 8.49. The number of ether oxygens (including phenoxy) is 3. The number of hydrogen-bond acceptors (Lipinski definition) is 5. The Hall–Kier alpha value is -3.02. The first kappa shape index (κ1) is 16.4. The lowest BCUT2D eigenvalue weighted by Gasteiger charge is -2.18. The Kier molecular flexibility index (Phi) is 4.03. The van der Waals surface area contributed by atoms with Gasteiger partial charge in [0.25, 0.3) is 0 Å². The van der Waals surface area contributed by atoms with Gasteiger partial charge in [0.15, 0.2) is 16.9 Å². The molecule has 1 heterocycles. The number of nitrogens with one attached hydrogen (secondary N) is 1. The van der Waals surface area contributed by atoms with Crippen molar-refractivity contribution in [2.24, 2.45) is 0 Å². The molecule has 1 aliphatic carbocycles. The van der Waals surface area contributed by atoms with Crippen molar-refractivity contribution in [2.45, 2.75) is 25.8 Å². The van der Waals surface area contributed by atoms with E-state index < -0.39 is 0 Å². The van der Waals surface area contributed by atoms with E-state index in [9.17, 15) is 9.59 Å². The van der Waals surface area contributed by atoms with E-state index in [-0.39, 0.29) is 24.2 Å². The summed E-state index contributed by atoms with van der Waals surface area (Å²) < 4.78 is 16.8. The number of aryl methyl sites for hydroxylation is 1. The van der Waals surface area contributed by atoms with Crippen LogP contribution in [0.1, 0.15) is 30.5 Å². The largest absolute Gasteiger partial charge is 0.492 e. The van der Waals surface area contributed by atoms with Gasteiger partial charge in [-0.25, -0.2) is 0 Å². The van der Waals surface area contributed by atoms with E-state index >= 15 is 0 Å². The maximum absolute atomic E-state index is 12.2. The number of rotatable bonds is 2. The smallest absolute Gasteiger partial charge is 0.231 e. The third kappa shape index (κ3) is 2.67. The van der Waals surface area contributed by atoms with Gasteiger partial charge in [-0.2, -0.15) is 0 Å². The van der Waals surface area contributed by atoms with Crippen LogP contribution in [0.15, 0.2) is 35.1 Å². The molecule has 0 saturated heterocycles. The summed E-state index contributed by atoms with van der Waals surface area (Å²) in [5, 5.41) is 2.97. The molecule has 1 aliphatic heterocycles. The van der Waals surface area contributed by atoms with Gasteiger partial charge in [0.2, 0.25) is 18.4 Å². The molecular weight excluding hydrogens is 334 g/mol. The molecule has 6 nitrogen and oxygen atoms in total. The SMILES string of the molecule is COc1c2c(cc3c1-c1cccc(=O)cc1[C@@H](NC(C)=O)CC3)OCO2. The molecule has 2 aromatic carbocycles. The minimum atomic E-state index is -0.253. The summed E-state index contributed by atoms with van der Waals surface area (Å²) in [6, 6.07) is 8.43. The summed E-state index contributed by atoms with van der Waals surface area (Å²) in [5.74, 6) is 1.69. The van der Waals surface area contributed by atoms with E-state index in [0.717, 1.165) is 22.3 Å². The molecular formula is C20H19NO5. The Morgan fingerprint density at radius 1 is 1.27 bits per heavy atom. The van der Waals surface area contributed by atoms with Crippen molar-refractivity contribution in [1.82, 2.24) is 5.32 Å². The molecule has 0 aromatic heterocycles. The van der Waals surface area contributed by atoms with Gasteiger partial charge in [0.1, 0.15) is 0 Å². The first-order chi connectivity index (χ1) is 12.6. The zero-order chi connectivity index (χ0) is 18.3. The number of methoxy groups -OCH3 is 1. The predicted octanol–water partition coefficient (Wildman–Crippen LogP) is 2.57. The Bertz CT molecular complexity index is 954. The minimum absolute atomic E-state index is 0.107. The van der Waals surface area contributed by atoms with Crippen molar-refractivity contribution in [3.63, 3.8) is 0 Å². The maximum Gasteiger partial charge on any atom is 0.231 e. The summed E-state index contributed by atoms with van der Waals surface area (Å²) in [7, 11) is 1.59. The van der Waals surface area contributed by atoms with Crippen LogP contribution in [0.3, 0.4) is 0 Å². The maximum atomic E-state index is 12.2. The highest BCUT2D eigenvalue weighted by Gasteiger charge is 2.30. The average Bonchev–Trinajstić information content (AvgIpc) is 2.92. The third-order valence-electron chi connectivity index (χ3n) is 4.76. The summed E-state index contributed by atoms with van der Waals surface area (Å²) in [4.78, 5) is 23.9. The number of carbonyl (C=O) groups excluding carboxylic acids is 1. The van der Waals surface area contributed by atoms with Crippen LogP contribution >= 0.6 is 0 Å². The number of benzene rings is 1. The van der Waals surface area contributed by atoms with Gasteiger partial charge in [-0.1, -0.05) is 12.1 Å². The third-order valence-corrected chi connectivity index (χ3v) is 4.76. The van der Waals surface area contributed by atoms with E-state index in [0.29, 0.717) is 30.1 Å². The molecule has 1 N–H and O–H groups in total. The van der Waals surface area contributed by atoms with Crippen molar-refractivity contribution >= 4 is 5.91 Å². The normalized spacial score (nSPS) is 16.9. The van der Waals surface area contributed by atoms with Crippen LogP contribution in [-0.4, -0.2) is 19.8 Å². The van der Waals surface area contributed by atoms with Gasteiger partial charge in [0.05, 0.1) is 13.2 Å². The Morgan fingerprint density at radius 3 is 2.88 bits per heavy atom. The highest BCUT2D eigenvalue weighted by Crippen LogP contribution is 2.51. The molecule has 2 aromatic rings. The molecule has 0 saturated carbocycles. The lowest BCUT2D eigenvalue weighted by Crippen LogP contribution is -2.26. The quantitative estimate of drug-likeness (QED) is 0.898. The lowest BCUT2D eigenvalue weighted by atomic mass is 9.95. The molecule has 0 unspecified atom stereocenters. The zero-order valence-electron chi connectivity index (χ0n) is 14.6. The average molecular weight is 353 g/mol. The van der Waals surface area contributed by atoms with E-state index in [4.69, 9.17) is 14.2 Å². The molecule has 2 aliphatic rings. The van der Waals surface area contributed by atoms with Gasteiger partial charge in [-0.3, -0.25) is 9.59 Å². The van der Waals surface area contributed by atoms with Crippen molar-refractivity contribution in [2.75, 3.05) is 13.9 Å². The fourth-order valence-electron chi connectivity index (χ4n) is 3.73. The fraction of sp³-hybridized carbons (Fsp3) is 0.300. The second kappa shape index (κ2) is 6.37. The van der Waals surface area contributed by atoms with Crippen LogP contribution in [0.25, 0.3) is 11.1 Å². The second-order valence-corrected chi connectivity index (χ2v) is 6.41. The van der Waals surface area contributed by atoms with Gasteiger partial charge < -0.3 is 19.5 Å². The number of amides is 1. The Labute approximate surface area is 150 Å². The van der Waals surface area contributed by atoms with Crippen LogP contribution in [0.4, 0.5) is 0 Å². The summed E-state index contributed by atoms with van der Waals surface area (Å²) in [6.45, 7) is 1.64. The van der Waals surface area contributed by atoms with E-state index in [1.165, 1.54) is 13.0 Å². The Balaban J connectivity index is 2.03. The Morgan fingerprint density at radius 2 is 2.12 bits per heavy atom. The van der Waals surface area contributed by atoms with Crippen molar-refractivity contribution in [3.05, 3.63) is 51.7 Å². The molecule has 0 bridgehead atoms. The molecule has 1 atom stereocenters. The monoisotopic (exact) mass is 353 g/mol. The molecule has 0 radical (unpaired) electrons. The first-order valence-electron chi connectivity index (χ1n) is 8.49. The standard InChI is InChI=1S/C20H19NO5/c1-11(22)21-16-7-6-12-8-17-19(26-10-25-17)20(24-2)18(12)14-5-3-4-13(23)9-15(14)16/h3-5,8-9,16H,6-7,10H2,1-2H3,(H,21,22)/t16-/m0/s1. The summed E-state index contributed by atoms with van der Waals surface area (Å²) >= 11 is 0. The van der Waals surface area contributed by atoms with Crippen LogP contribution in [0.2, 0.25) is 0 Å². The molecule has 1 amide bonds. The number of carbonyl (C=O) groups is 1. The topological polar surface area (TPSA) is 73.9 Å². The molecule has 134 valence electrons. The van der Waals surface area contributed by atoms with Crippen molar-refractivity contribution in [1.29, 1.82) is 0 Å². The van der Waals surface area contributed by atoms with E-state index in [2.05, 4.69) is 5.32 Å². The van der Waals surface area contributed by atoms with Crippen LogP contribution < -0.4 is 25.0 Å². The summed E-state index contributed by atoms with van der Waals surface area (Å²) in [5.41, 5.74) is 3.46. The molecule has 0 spiro atoms. The van der Waals surface area contributed by atoms with Crippen LogP contribution in [0, 0.1) is 0 Å². The highest BCUT2D eigenvalue weighted by molar-refractivity contribution is 5.83. The number of hydrogen-bond donors (Lipinski definition) is 1. The summed E-state index contributed by atoms with van der Waals surface area (Å²) in [6.07, 6.45) is 1.38. The minimum Gasteiger partial charge on any atom is -0.492 e. The van der Waals surface area contributed by atoms with Gasteiger partial charge in [-0.15, -0.1) is 0 Å². The zero-order valence-corrected chi connectivity index (χ0v) is 14.6. The van der Waals surface area contributed by atoms with Gasteiger partial charge in [0, 0.05) is 12.5 Å². The van der Waals surface area contributed by atoms with Crippen molar-refractivity contribution < 1.29 is 19.0 Å².